The van der Waals surface area contributed by atoms with Crippen LogP contribution in [0.5, 0.6) is 0 Å². The highest BCUT2D eigenvalue weighted by atomic mass is 15.3. The second-order valence-corrected chi connectivity index (χ2v) is 7.25. The normalized spacial score (nSPS) is 24.4. The van der Waals surface area contributed by atoms with E-state index in [0.717, 1.165) is 32.1 Å². The van der Waals surface area contributed by atoms with Crippen LogP contribution >= 0.6 is 0 Å². The standard InChI is InChI=1S/C18H30N4/c1-15(2)14-22-9-5-7-17(22)16-6-4-8-19-18(16)21-12-10-20(3)11-13-21/h4,6,8,15,17H,5,7,9-14H2,1-3H3/t17-/m1/s1. The fourth-order valence-corrected chi connectivity index (χ4v) is 3.82. The molecule has 122 valence electrons. The third-order valence-electron chi connectivity index (χ3n) is 4.94. The average Bonchev–Trinajstić information content (AvgIpc) is 2.95. The van der Waals surface area contributed by atoms with Gasteiger partial charge in [-0.05, 0) is 38.4 Å². The molecule has 2 fully saturated rings. The first-order chi connectivity index (χ1) is 10.6. The SMILES string of the molecule is CC(C)CN1CCC[C@@H]1c1cccnc1N1CCN(C)CC1. The molecule has 0 saturated carbocycles. The van der Waals surface area contributed by atoms with Crippen molar-refractivity contribution in [1.82, 2.24) is 14.8 Å². The first kappa shape index (κ1) is 15.8. The molecule has 0 unspecified atom stereocenters. The summed E-state index contributed by atoms with van der Waals surface area (Å²) in [6, 6.07) is 4.98. The first-order valence-corrected chi connectivity index (χ1v) is 8.77. The highest BCUT2D eigenvalue weighted by Gasteiger charge is 2.30. The van der Waals surface area contributed by atoms with E-state index in [1.807, 2.05) is 6.20 Å². The quantitative estimate of drug-likeness (QED) is 0.853. The van der Waals surface area contributed by atoms with Gasteiger partial charge in [-0.1, -0.05) is 19.9 Å². The maximum Gasteiger partial charge on any atom is 0.133 e. The summed E-state index contributed by atoms with van der Waals surface area (Å²) in [5.41, 5.74) is 1.45. The molecule has 0 aromatic carbocycles. The maximum absolute atomic E-state index is 4.77. The molecular weight excluding hydrogens is 272 g/mol. The van der Waals surface area contributed by atoms with Crippen LogP contribution in [0.4, 0.5) is 5.82 Å². The van der Waals surface area contributed by atoms with Gasteiger partial charge in [-0.3, -0.25) is 4.90 Å². The van der Waals surface area contributed by atoms with E-state index in [1.54, 1.807) is 0 Å². The third kappa shape index (κ3) is 3.44. The van der Waals surface area contributed by atoms with E-state index >= 15 is 0 Å². The van der Waals surface area contributed by atoms with Crippen LogP contribution in [0.15, 0.2) is 18.3 Å². The molecule has 0 radical (unpaired) electrons. The van der Waals surface area contributed by atoms with E-state index in [0.29, 0.717) is 6.04 Å². The summed E-state index contributed by atoms with van der Waals surface area (Å²) >= 11 is 0. The van der Waals surface area contributed by atoms with Crippen molar-refractivity contribution in [2.24, 2.45) is 5.92 Å². The van der Waals surface area contributed by atoms with E-state index in [2.05, 4.69) is 47.7 Å². The number of aromatic nitrogens is 1. The molecule has 0 aliphatic carbocycles. The Labute approximate surface area is 135 Å². The van der Waals surface area contributed by atoms with Crippen molar-refractivity contribution in [3.63, 3.8) is 0 Å². The molecule has 3 rings (SSSR count). The van der Waals surface area contributed by atoms with E-state index in [-0.39, 0.29) is 0 Å². The zero-order valence-electron chi connectivity index (χ0n) is 14.3. The molecular formula is C18H30N4. The zero-order chi connectivity index (χ0) is 15.5. The number of pyridine rings is 1. The lowest BCUT2D eigenvalue weighted by atomic mass is 10.0. The number of hydrogen-bond donors (Lipinski definition) is 0. The van der Waals surface area contributed by atoms with Crippen molar-refractivity contribution < 1.29 is 0 Å². The van der Waals surface area contributed by atoms with Crippen molar-refractivity contribution in [3.05, 3.63) is 23.9 Å². The Hall–Kier alpha value is -1.13. The Bertz CT molecular complexity index is 480. The molecule has 1 aromatic rings. The second kappa shape index (κ2) is 6.97. The largest absolute Gasteiger partial charge is 0.354 e. The highest BCUT2D eigenvalue weighted by molar-refractivity contribution is 5.49. The molecule has 0 bridgehead atoms. The molecule has 22 heavy (non-hydrogen) atoms. The third-order valence-corrected chi connectivity index (χ3v) is 4.94. The van der Waals surface area contributed by atoms with Crippen LogP contribution in [0.25, 0.3) is 0 Å². The predicted octanol–water partition coefficient (Wildman–Crippen LogP) is 2.63. The van der Waals surface area contributed by atoms with Crippen molar-refractivity contribution in [2.75, 3.05) is 51.2 Å². The molecule has 4 nitrogen and oxygen atoms in total. The lowest BCUT2D eigenvalue weighted by molar-refractivity contribution is 0.228. The number of hydrogen-bond acceptors (Lipinski definition) is 4. The van der Waals surface area contributed by atoms with Crippen LogP contribution in [-0.2, 0) is 0 Å². The van der Waals surface area contributed by atoms with Crippen LogP contribution in [0, 0.1) is 5.92 Å². The summed E-state index contributed by atoms with van der Waals surface area (Å²) < 4.78 is 0. The summed E-state index contributed by atoms with van der Waals surface area (Å²) in [7, 11) is 2.21. The maximum atomic E-state index is 4.77. The molecule has 0 spiro atoms. The van der Waals surface area contributed by atoms with E-state index in [9.17, 15) is 0 Å². The lowest BCUT2D eigenvalue weighted by Crippen LogP contribution is -2.45. The Morgan fingerprint density at radius 2 is 1.95 bits per heavy atom. The zero-order valence-corrected chi connectivity index (χ0v) is 14.3. The monoisotopic (exact) mass is 302 g/mol. The second-order valence-electron chi connectivity index (χ2n) is 7.25. The van der Waals surface area contributed by atoms with Gasteiger partial charge < -0.3 is 9.80 Å². The van der Waals surface area contributed by atoms with Crippen molar-refractivity contribution >= 4 is 5.82 Å². The summed E-state index contributed by atoms with van der Waals surface area (Å²) in [4.78, 5) is 12.3. The van der Waals surface area contributed by atoms with Gasteiger partial charge in [-0.2, -0.15) is 0 Å². The fourth-order valence-electron chi connectivity index (χ4n) is 3.82. The van der Waals surface area contributed by atoms with Gasteiger partial charge >= 0.3 is 0 Å². The predicted molar refractivity (Wildman–Crippen MR) is 92.3 cm³/mol. The van der Waals surface area contributed by atoms with Gasteiger partial charge in [-0.25, -0.2) is 4.98 Å². The van der Waals surface area contributed by atoms with Gasteiger partial charge in [0.15, 0.2) is 0 Å². The van der Waals surface area contributed by atoms with Gasteiger partial charge in [0.25, 0.3) is 0 Å². The number of likely N-dealkylation sites (N-methyl/N-ethyl adjacent to an activating group) is 1. The molecule has 1 aromatic heterocycles. The van der Waals surface area contributed by atoms with Crippen LogP contribution < -0.4 is 4.90 Å². The molecule has 2 aliphatic heterocycles. The Balaban J connectivity index is 1.81. The van der Waals surface area contributed by atoms with Crippen LogP contribution in [0.3, 0.4) is 0 Å². The van der Waals surface area contributed by atoms with Gasteiger partial charge in [0.05, 0.1) is 0 Å². The molecule has 0 amide bonds. The van der Waals surface area contributed by atoms with E-state index in [1.165, 1.54) is 37.3 Å². The van der Waals surface area contributed by atoms with Crippen LogP contribution in [-0.4, -0.2) is 61.1 Å². The minimum absolute atomic E-state index is 0.561. The average molecular weight is 302 g/mol. The van der Waals surface area contributed by atoms with Crippen LogP contribution in [0.2, 0.25) is 0 Å². The Morgan fingerprint density at radius 1 is 1.18 bits per heavy atom. The van der Waals surface area contributed by atoms with Crippen LogP contribution in [0.1, 0.15) is 38.3 Å². The van der Waals surface area contributed by atoms with Gasteiger partial charge in [0.2, 0.25) is 0 Å². The number of nitrogens with zero attached hydrogens (tertiary/aromatic N) is 4. The van der Waals surface area contributed by atoms with Crippen molar-refractivity contribution in [2.45, 2.75) is 32.7 Å². The first-order valence-electron chi connectivity index (χ1n) is 8.77. The van der Waals surface area contributed by atoms with E-state index < -0.39 is 0 Å². The molecule has 0 N–H and O–H groups in total. The van der Waals surface area contributed by atoms with E-state index in [4.69, 9.17) is 4.98 Å². The highest BCUT2D eigenvalue weighted by Crippen LogP contribution is 2.36. The minimum Gasteiger partial charge on any atom is -0.354 e. The van der Waals surface area contributed by atoms with Gasteiger partial charge in [0, 0.05) is 50.5 Å². The number of likely N-dealkylation sites (tertiary alicyclic amines) is 1. The summed E-state index contributed by atoms with van der Waals surface area (Å²) in [5.74, 6) is 1.96. The van der Waals surface area contributed by atoms with Gasteiger partial charge in [-0.15, -0.1) is 0 Å². The minimum atomic E-state index is 0.561. The van der Waals surface area contributed by atoms with Gasteiger partial charge in [0.1, 0.15) is 5.82 Å². The summed E-state index contributed by atoms with van der Waals surface area (Å²) in [6.45, 7) is 11.5. The Morgan fingerprint density at radius 3 is 2.68 bits per heavy atom. The molecule has 4 heteroatoms. The number of piperazine rings is 1. The Kier molecular flexibility index (Phi) is 4.99. The lowest BCUT2D eigenvalue weighted by Gasteiger charge is -2.36. The fraction of sp³-hybridized carbons (Fsp3) is 0.722. The number of anilines is 1. The summed E-state index contributed by atoms with van der Waals surface area (Å²) in [6.07, 6.45) is 4.55. The molecule has 2 saturated heterocycles. The topological polar surface area (TPSA) is 22.6 Å². The number of rotatable bonds is 4. The molecule has 3 heterocycles. The van der Waals surface area contributed by atoms with Crippen molar-refractivity contribution in [1.29, 1.82) is 0 Å². The molecule has 2 aliphatic rings. The van der Waals surface area contributed by atoms with Crippen molar-refractivity contribution in [3.8, 4) is 0 Å². The smallest absolute Gasteiger partial charge is 0.133 e. The molecule has 1 atom stereocenters. The summed E-state index contributed by atoms with van der Waals surface area (Å²) in [5, 5.41) is 0.